The zero-order valence-electron chi connectivity index (χ0n) is 19.9. The van der Waals surface area contributed by atoms with Crippen LogP contribution in [0.3, 0.4) is 0 Å². The molecule has 3 aromatic rings. The highest BCUT2D eigenvalue weighted by Gasteiger charge is 2.47. The van der Waals surface area contributed by atoms with Gasteiger partial charge >= 0.3 is 0 Å². The minimum Gasteiger partial charge on any atom is -0.354 e. The monoisotopic (exact) mass is 463 g/mol. The van der Waals surface area contributed by atoms with Crippen molar-refractivity contribution in [1.82, 2.24) is 14.8 Å². The lowest BCUT2D eigenvalue weighted by molar-refractivity contribution is -0.132. The second-order valence-electron chi connectivity index (χ2n) is 9.44. The van der Waals surface area contributed by atoms with E-state index >= 15 is 0 Å². The van der Waals surface area contributed by atoms with Crippen LogP contribution < -0.4 is 5.32 Å². The van der Waals surface area contributed by atoms with Crippen LogP contribution in [0.2, 0.25) is 0 Å². The van der Waals surface area contributed by atoms with Crippen LogP contribution in [0.25, 0.3) is 10.9 Å². The Morgan fingerprint density at radius 3 is 2.58 bits per heavy atom. The van der Waals surface area contributed by atoms with Crippen LogP contribution in [0.4, 0.5) is 0 Å². The molecular weight excluding hydrogens is 430 g/mol. The quantitative estimate of drug-likeness (QED) is 0.479. The first-order valence-corrected chi connectivity index (χ1v) is 12.9. The highest BCUT2D eigenvalue weighted by Crippen LogP contribution is 2.32. The third kappa shape index (κ3) is 4.67. The van der Waals surface area contributed by atoms with Gasteiger partial charge in [-0.05, 0) is 61.8 Å². The van der Waals surface area contributed by atoms with E-state index in [0.29, 0.717) is 37.7 Å². The minimum atomic E-state index is -0.956. The second kappa shape index (κ2) is 9.64. The SMILES string of the molecule is CSc1ccc(CCN2C(=O)c3cc4ccccc4n3C[C@]2(C)C(=O)NCCC(C)C)cc1. The first-order valence-electron chi connectivity index (χ1n) is 11.6. The Balaban J connectivity index is 1.65. The first-order chi connectivity index (χ1) is 15.8. The number of thioether (sulfide) groups is 1. The fourth-order valence-corrected chi connectivity index (χ4v) is 4.96. The summed E-state index contributed by atoms with van der Waals surface area (Å²) in [7, 11) is 0. The van der Waals surface area contributed by atoms with Gasteiger partial charge in [-0.25, -0.2) is 0 Å². The summed E-state index contributed by atoms with van der Waals surface area (Å²) in [5.41, 5.74) is 1.85. The molecule has 0 saturated carbocycles. The summed E-state index contributed by atoms with van der Waals surface area (Å²) in [6.07, 6.45) is 3.68. The van der Waals surface area contributed by atoms with Crippen LogP contribution in [-0.4, -0.2) is 46.2 Å². The largest absolute Gasteiger partial charge is 0.354 e. The van der Waals surface area contributed by atoms with Crippen molar-refractivity contribution in [2.24, 2.45) is 5.92 Å². The topological polar surface area (TPSA) is 54.3 Å². The Kier molecular flexibility index (Phi) is 6.84. The number of amides is 2. The predicted octanol–water partition coefficient (Wildman–Crippen LogP) is 4.98. The molecule has 1 atom stereocenters. The molecule has 5 nitrogen and oxygen atoms in total. The minimum absolute atomic E-state index is 0.0836. The molecule has 4 rings (SSSR count). The molecule has 1 aliphatic rings. The number of nitrogens with one attached hydrogen (secondary N) is 1. The highest BCUT2D eigenvalue weighted by molar-refractivity contribution is 7.98. The van der Waals surface area contributed by atoms with Crippen molar-refractivity contribution in [3.63, 3.8) is 0 Å². The molecule has 1 N–H and O–H groups in total. The number of hydrogen-bond acceptors (Lipinski definition) is 3. The number of para-hydroxylation sites is 1. The van der Waals surface area contributed by atoms with E-state index < -0.39 is 5.54 Å². The smallest absolute Gasteiger partial charge is 0.271 e. The molecule has 0 radical (unpaired) electrons. The van der Waals surface area contributed by atoms with E-state index in [4.69, 9.17) is 0 Å². The number of carbonyl (C=O) groups excluding carboxylic acids is 2. The molecule has 33 heavy (non-hydrogen) atoms. The van der Waals surface area contributed by atoms with E-state index in [1.165, 1.54) is 4.90 Å². The summed E-state index contributed by atoms with van der Waals surface area (Å²) in [6.45, 7) is 7.75. The molecule has 0 aliphatic carbocycles. The lowest BCUT2D eigenvalue weighted by Gasteiger charge is -2.44. The molecule has 0 spiro atoms. The molecule has 0 saturated heterocycles. The predicted molar refractivity (Wildman–Crippen MR) is 136 cm³/mol. The van der Waals surface area contributed by atoms with Gasteiger partial charge < -0.3 is 14.8 Å². The van der Waals surface area contributed by atoms with Crippen LogP contribution in [0.15, 0.2) is 59.5 Å². The fourth-order valence-electron chi connectivity index (χ4n) is 4.55. The fraction of sp³-hybridized carbons (Fsp3) is 0.407. The van der Waals surface area contributed by atoms with Crippen molar-refractivity contribution in [3.8, 4) is 0 Å². The van der Waals surface area contributed by atoms with Gasteiger partial charge in [-0.3, -0.25) is 9.59 Å². The maximum Gasteiger partial charge on any atom is 0.271 e. The highest BCUT2D eigenvalue weighted by atomic mass is 32.2. The standard InChI is InChI=1S/C27H33N3O2S/c1-19(2)13-15-28-26(32)27(3)18-29-23-8-6-5-7-21(23)17-24(29)25(31)30(27)16-14-20-9-11-22(33-4)12-10-20/h5-12,17,19H,13-16,18H2,1-4H3,(H,28,32)/t27-/m1/s1. The van der Waals surface area contributed by atoms with Crippen molar-refractivity contribution in [2.75, 3.05) is 19.3 Å². The molecular formula is C27H33N3O2S. The summed E-state index contributed by atoms with van der Waals surface area (Å²) in [6, 6.07) is 18.4. The van der Waals surface area contributed by atoms with Crippen LogP contribution >= 0.6 is 11.8 Å². The molecule has 0 fully saturated rings. The van der Waals surface area contributed by atoms with Crippen molar-refractivity contribution >= 4 is 34.5 Å². The van der Waals surface area contributed by atoms with E-state index in [1.807, 2.05) is 41.8 Å². The van der Waals surface area contributed by atoms with E-state index in [1.54, 1.807) is 16.7 Å². The van der Waals surface area contributed by atoms with Gasteiger partial charge in [0.1, 0.15) is 11.2 Å². The van der Waals surface area contributed by atoms with Crippen LogP contribution in [0.1, 0.15) is 43.2 Å². The first kappa shape index (κ1) is 23.4. The van der Waals surface area contributed by atoms with E-state index in [0.717, 1.165) is 22.9 Å². The maximum absolute atomic E-state index is 13.7. The number of benzene rings is 2. The normalized spacial score (nSPS) is 18.1. The maximum atomic E-state index is 13.7. The van der Waals surface area contributed by atoms with Gasteiger partial charge in [0.15, 0.2) is 0 Å². The molecule has 2 aromatic carbocycles. The van der Waals surface area contributed by atoms with E-state index in [-0.39, 0.29) is 11.8 Å². The Hall–Kier alpha value is -2.73. The Morgan fingerprint density at radius 1 is 1.15 bits per heavy atom. The Morgan fingerprint density at radius 2 is 1.88 bits per heavy atom. The van der Waals surface area contributed by atoms with Crippen LogP contribution in [-0.2, 0) is 17.8 Å². The van der Waals surface area contributed by atoms with Crippen molar-refractivity contribution < 1.29 is 9.59 Å². The van der Waals surface area contributed by atoms with E-state index in [9.17, 15) is 9.59 Å². The third-order valence-corrected chi connectivity index (χ3v) is 7.36. The number of fused-ring (bicyclic) bond motifs is 3. The summed E-state index contributed by atoms with van der Waals surface area (Å²) >= 11 is 1.71. The van der Waals surface area contributed by atoms with Gasteiger partial charge in [0, 0.05) is 28.9 Å². The average molecular weight is 464 g/mol. The third-order valence-electron chi connectivity index (χ3n) is 6.62. The average Bonchev–Trinajstić information content (AvgIpc) is 3.17. The van der Waals surface area contributed by atoms with E-state index in [2.05, 4.69) is 49.7 Å². The molecule has 2 amide bonds. The summed E-state index contributed by atoms with van der Waals surface area (Å²) < 4.78 is 2.02. The molecule has 1 aromatic heterocycles. The zero-order valence-corrected chi connectivity index (χ0v) is 20.7. The Labute approximate surface area is 200 Å². The zero-order chi connectivity index (χ0) is 23.6. The lowest BCUT2D eigenvalue weighted by atomic mass is 9.93. The number of aromatic nitrogens is 1. The van der Waals surface area contributed by atoms with Gasteiger partial charge in [0.05, 0.1) is 6.54 Å². The number of hydrogen-bond donors (Lipinski definition) is 1. The van der Waals surface area contributed by atoms with Crippen molar-refractivity contribution in [2.45, 2.75) is 50.6 Å². The van der Waals surface area contributed by atoms with Gasteiger partial charge in [0.2, 0.25) is 5.91 Å². The van der Waals surface area contributed by atoms with Crippen LogP contribution in [0, 0.1) is 5.92 Å². The molecule has 2 heterocycles. The van der Waals surface area contributed by atoms with Crippen LogP contribution in [0.5, 0.6) is 0 Å². The van der Waals surface area contributed by atoms with Gasteiger partial charge in [-0.1, -0.05) is 44.2 Å². The number of nitrogens with zero attached hydrogens (tertiary/aromatic N) is 2. The number of rotatable bonds is 8. The lowest BCUT2D eigenvalue weighted by Crippen LogP contribution is -2.64. The van der Waals surface area contributed by atoms with Gasteiger partial charge in [-0.15, -0.1) is 11.8 Å². The van der Waals surface area contributed by atoms with Crippen molar-refractivity contribution in [1.29, 1.82) is 0 Å². The summed E-state index contributed by atoms with van der Waals surface area (Å²) in [4.78, 5) is 30.2. The van der Waals surface area contributed by atoms with Crippen molar-refractivity contribution in [3.05, 3.63) is 65.9 Å². The van der Waals surface area contributed by atoms with Gasteiger partial charge in [-0.2, -0.15) is 0 Å². The molecule has 1 aliphatic heterocycles. The summed E-state index contributed by atoms with van der Waals surface area (Å²) in [5.74, 6) is 0.337. The molecule has 0 bridgehead atoms. The second-order valence-corrected chi connectivity index (χ2v) is 10.3. The Bertz CT molecular complexity index is 1150. The molecule has 6 heteroatoms. The summed E-state index contributed by atoms with van der Waals surface area (Å²) in [5, 5.41) is 4.14. The van der Waals surface area contributed by atoms with Gasteiger partial charge in [0.25, 0.3) is 5.91 Å². The molecule has 0 unspecified atom stereocenters. The molecule has 174 valence electrons. The number of carbonyl (C=O) groups is 2.